The Morgan fingerprint density at radius 1 is 1.43 bits per heavy atom. The van der Waals surface area contributed by atoms with E-state index >= 15 is 0 Å². The molecule has 2 N–H and O–H groups in total. The summed E-state index contributed by atoms with van der Waals surface area (Å²) in [7, 11) is 0. The van der Waals surface area contributed by atoms with Crippen molar-refractivity contribution in [1.82, 2.24) is 5.32 Å². The van der Waals surface area contributed by atoms with Crippen LogP contribution < -0.4 is 5.32 Å². The van der Waals surface area contributed by atoms with Gasteiger partial charge in [0.25, 0.3) is 0 Å². The molecule has 14 heavy (non-hydrogen) atoms. The van der Waals surface area contributed by atoms with Gasteiger partial charge in [-0.05, 0) is 31.0 Å². The summed E-state index contributed by atoms with van der Waals surface area (Å²) in [4.78, 5) is 11.0. The molecule has 0 saturated carbocycles. The lowest BCUT2D eigenvalue weighted by molar-refractivity contribution is 0.0695. The number of aromatic carboxylic acids is 1. The number of carboxylic acid groups (broad SMARTS) is 1. The summed E-state index contributed by atoms with van der Waals surface area (Å²) >= 11 is 0. The molecule has 0 spiro atoms. The van der Waals surface area contributed by atoms with Crippen LogP contribution >= 0.6 is 0 Å². The van der Waals surface area contributed by atoms with Crippen LogP contribution in [-0.4, -0.2) is 17.6 Å². The highest BCUT2D eigenvalue weighted by Crippen LogP contribution is 2.25. The lowest BCUT2D eigenvalue weighted by Crippen LogP contribution is -2.16. The molecule has 0 amide bonds. The van der Waals surface area contributed by atoms with Crippen molar-refractivity contribution in [3.63, 3.8) is 0 Å². The first-order valence-corrected chi connectivity index (χ1v) is 4.84. The first-order valence-electron chi connectivity index (χ1n) is 4.84. The number of rotatable bonds is 2. The third-order valence-electron chi connectivity index (χ3n) is 2.63. The second-order valence-electron chi connectivity index (χ2n) is 3.54. The summed E-state index contributed by atoms with van der Waals surface area (Å²) in [5.74, 6) is -0.839. The van der Waals surface area contributed by atoms with Gasteiger partial charge in [0, 0.05) is 6.04 Å². The maximum Gasteiger partial charge on any atom is 0.336 e. The SMILES string of the molecule is O=C(O)c1ccccc1[C@H]1CCCN1. The predicted octanol–water partition coefficient (Wildman–Crippen LogP) is 1.81. The molecule has 0 radical (unpaired) electrons. The van der Waals surface area contributed by atoms with Crippen LogP contribution in [0.3, 0.4) is 0 Å². The fourth-order valence-corrected chi connectivity index (χ4v) is 1.95. The van der Waals surface area contributed by atoms with Crippen molar-refractivity contribution in [3.8, 4) is 0 Å². The van der Waals surface area contributed by atoms with E-state index < -0.39 is 5.97 Å². The molecule has 1 aliphatic rings. The summed E-state index contributed by atoms with van der Waals surface area (Å²) < 4.78 is 0. The highest BCUT2D eigenvalue weighted by molar-refractivity contribution is 5.89. The lowest BCUT2D eigenvalue weighted by atomic mass is 9.99. The van der Waals surface area contributed by atoms with E-state index in [4.69, 9.17) is 5.11 Å². The van der Waals surface area contributed by atoms with Crippen LogP contribution in [0, 0.1) is 0 Å². The molecule has 0 bridgehead atoms. The van der Waals surface area contributed by atoms with Crippen LogP contribution in [0.15, 0.2) is 24.3 Å². The molecule has 1 heterocycles. The maximum absolute atomic E-state index is 11.0. The monoisotopic (exact) mass is 191 g/mol. The third-order valence-corrected chi connectivity index (χ3v) is 2.63. The quantitative estimate of drug-likeness (QED) is 0.749. The van der Waals surface area contributed by atoms with E-state index in [-0.39, 0.29) is 6.04 Å². The smallest absolute Gasteiger partial charge is 0.336 e. The minimum absolute atomic E-state index is 0.224. The van der Waals surface area contributed by atoms with Crippen molar-refractivity contribution >= 4 is 5.97 Å². The van der Waals surface area contributed by atoms with Gasteiger partial charge in [-0.15, -0.1) is 0 Å². The molecule has 1 atom stereocenters. The van der Waals surface area contributed by atoms with Gasteiger partial charge in [0.05, 0.1) is 5.56 Å². The summed E-state index contributed by atoms with van der Waals surface area (Å²) in [6.45, 7) is 0.985. The normalized spacial score (nSPS) is 21.0. The van der Waals surface area contributed by atoms with Crippen molar-refractivity contribution in [1.29, 1.82) is 0 Å². The zero-order chi connectivity index (χ0) is 9.97. The first kappa shape index (κ1) is 9.21. The molecule has 74 valence electrons. The van der Waals surface area contributed by atoms with Gasteiger partial charge >= 0.3 is 5.97 Å². The van der Waals surface area contributed by atoms with Gasteiger partial charge in [-0.2, -0.15) is 0 Å². The number of benzene rings is 1. The number of hydrogen-bond donors (Lipinski definition) is 2. The van der Waals surface area contributed by atoms with Crippen molar-refractivity contribution in [2.45, 2.75) is 18.9 Å². The van der Waals surface area contributed by atoms with E-state index in [0.717, 1.165) is 24.9 Å². The second kappa shape index (κ2) is 3.80. The minimum Gasteiger partial charge on any atom is -0.478 e. The van der Waals surface area contributed by atoms with Crippen LogP contribution in [0.5, 0.6) is 0 Å². The predicted molar refractivity (Wildman–Crippen MR) is 53.4 cm³/mol. The molecule has 3 heteroatoms. The highest BCUT2D eigenvalue weighted by Gasteiger charge is 2.20. The Kier molecular flexibility index (Phi) is 2.50. The molecule has 1 aromatic carbocycles. The highest BCUT2D eigenvalue weighted by atomic mass is 16.4. The fourth-order valence-electron chi connectivity index (χ4n) is 1.95. The van der Waals surface area contributed by atoms with Crippen molar-refractivity contribution < 1.29 is 9.90 Å². The van der Waals surface area contributed by atoms with Crippen LogP contribution in [0.4, 0.5) is 0 Å². The average molecular weight is 191 g/mol. The number of carbonyl (C=O) groups is 1. The maximum atomic E-state index is 11.0. The van der Waals surface area contributed by atoms with Gasteiger partial charge in [0.1, 0.15) is 0 Å². The van der Waals surface area contributed by atoms with Gasteiger partial charge < -0.3 is 10.4 Å². The van der Waals surface area contributed by atoms with E-state index in [2.05, 4.69) is 5.32 Å². The molecule has 2 rings (SSSR count). The van der Waals surface area contributed by atoms with Gasteiger partial charge in [-0.3, -0.25) is 0 Å². The molecule has 1 saturated heterocycles. The van der Waals surface area contributed by atoms with Gasteiger partial charge in [0.15, 0.2) is 0 Å². The third kappa shape index (κ3) is 1.63. The molecular weight excluding hydrogens is 178 g/mol. The molecule has 0 unspecified atom stereocenters. The molecule has 1 fully saturated rings. The van der Waals surface area contributed by atoms with Crippen molar-refractivity contribution in [2.24, 2.45) is 0 Å². The minimum atomic E-state index is -0.839. The van der Waals surface area contributed by atoms with E-state index in [1.165, 1.54) is 0 Å². The zero-order valence-corrected chi connectivity index (χ0v) is 7.86. The topological polar surface area (TPSA) is 49.3 Å². The summed E-state index contributed by atoms with van der Waals surface area (Å²) in [5.41, 5.74) is 1.34. The second-order valence-corrected chi connectivity index (χ2v) is 3.54. The molecule has 0 aliphatic carbocycles. The lowest BCUT2D eigenvalue weighted by Gasteiger charge is -2.12. The van der Waals surface area contributed by atoms with Crippen molar-refractivity contribution in [3.05, 3.63) is 35.4 Å². The molecular formula is C11H13NO2. The molecule has 1 aromatic rings. The van der Waals surface area contributed by atoms with Gasteiger partial charge in [-0.25, -0.2) is 4.79 Å². The fraction of sp³-hybridized carbons (Fsp3) is 0.364. The van der Waals surface area contributed by atoms with Crippen LogP contribution in [0.2, 0.25) is 0 Å². The largest absolute Gasteiger partial charge is 0.478 e. The summed E-state index contributed by atoms with van der Waals surface area (Å²) in [6, 6.07) is 7.44. The van der Waals surface area contributed by atoms with E-state index in [1.54, 1.807) is 12.1 Å². The van der Waals surface area contributed by atoms with Crippen molar-refractivity contribution in [2.75, 3.05) is 6.54 Å². The van der Waals surface area contributed by atoms with E-state index in [1.807, 2.05) is 12.1 Å². The van der Waals surface area contributed by atoms with Crippen LogP contribution in [0.25, 0.3) is 0 Å². The molecule has 1 aliphatic heterocycles. The number of carboxylic acids is 1. The Labute approximate surface area is 82.8 Å². The summed E-state index contributed by atoms with van der Waals surface area (Å²) in [6.07, 6.45) is 2.16. The summed E-state index contributed by atoms with van der Waals surface area (Å²) in [5, 5.41) is 12.3. The average Bonchev–Trinajstić information content (AvgIpc) is 2.70. The standard InChI is InChI=1S/C11H13NO2/c13-11(14)9-5-2-1-4-8(9)10-6-3-7-12-10/h1-2,4-5,10,12H,3,6-7H2,(H,13,14)/t10-/m1/s1. The molecule has 0 aromatic heterocycles. The van der Waals surface area contributed by atoms with Gasteiger partial charge in [-0.1, -0.05) is 18.2 Å². The Bertz CT molecular complexity index is 343. The molecule has 3 nitrogen and oxygen atoms in total. The van der Waals surface area contributed by atoms with Gasteiger partial charge in [0.2, 0.25) is 0 Å². The number of nitrogens with one attached hydrogen (secondary N) is 1. The van der Waals surface area contributed by atoms with E-state index in [9.17, 15) is 4.79 Å². The number of hydrogen-bond acceptors (Lipinski definition) is 2. The zero-order valence-electron chi connectivity index (χ0n) is 7.86. The Morgan fingerprint density at radius 2 is 2.21 bits per heavy atom. The van der Waals surface area contributed by atoms with Crippen LogP contribution in [0.1, 0.15) is 34.8 Å². The van der Waals surface area contributed by atoms with E-state index in [0.29, 0.717) is 5.56 Å². The Balaban J connectivity index is 2.35. The first-order chi connectivity index (χ1) is 6.79. The Hall–Kier alpha value is -1.35. The Morgan fingerprint density at radius 3 is 2.86 bits per heavy atom. The van der Waals surface area contributed by atoms with Crippen LogP contribution in [-0.2, 0) is 0 Å².